The van der Waals surface area contributed by atoms with Gasteiger partial charge in [-0.05, 0) is 0 Å². The average molecular weight is 136 g/mol. The van der Waals surface area contributed by atoms with Gasteiger partial charge in [0.05, 0.1) is 7.11 Å². The third-order valence-electron chi connectivity index (χ3n) is 0.149. The molecule has 0 bridgehead atoms. The molecule has 0 fully saturated rings. The summed E-state index contributed by atoms with van der Waals surface area (Å²) in [5.41, 5.74) is 0. The van der Waals surface area contributed by atoms with E-state index in [0.29, 0.717) is 0 Å². The van der Waals surface area contributed by atoms with Crippen molar-refractivity contribution in [2.45, 2.75) is 0 Å². The summed E-state index contributed by atoms with van der Waals surface area (Å²) in [7, 11) is -0.454. The van der Waals surface area contributed by atoms with Crippen LogP contribution in [-0.4, -0.2) is 40.9 Å². The fourth-order valence-electron chi connectivity index (χ4n) is 0. The molecule has 0 spiro atoms. The maximum absolute atomic E-state index is 9.55. The summed E-state index contributed by atoms with van der Waals surface area (Å²) >= 11 is 4.07. The molecule has 5 heteroatoms. The molecule has 34 valence electrons. The van der Waals surface area contributed by atoms with Crippen molar-refractivity contribution in [2.75, 3.05) is 7.11 Å². The zero-order chi connectivity index (χ0) is 4.28. The Bertz CT molecular complexity index is 69.6. The van der Waals surface area contributed by atoms with Crippen LogP contribution in [0.25, 0.3) is 0 Å². The predicted octanol–water partition coefficient (Wildman–Crippen LogP) is -1.16. The van der Waals surface area contributed by atoms with E-state index in [1.807, 2.05) is 0 Å². The third kappa shape index (κ3) is 9.01. The minimum absolute atomic E-state index is 0. The molecule has 0 rings (SSSR count). The van der Waals surface area contributed by atoms with E-state index in [2.05, 4.69) is 15.4 Å². The minimum atomic E-state index is -1.76. The van der Waals surface area contributed by atoms with E-state index >= 15 is 0 Å². The molecule has 1 unspecified atom stereocenters. The van der Waals surface area contributed by atoms with Gasteiger partial charge in [-0.2, -0.15) is 0 Å². The Morgan fingerprint density at radius 3 is 2.00 bits per heavy atom. The molecule has 0 aliphatic carbocycles. The first-order valence-electron chi connectivity index (χ1n) is 0.956. The van der Waals surface area contributed by atoms with E-state index in [4.69, 9.17) is 0 Å². The second kappa shape index (κ2) is 6.33. The molecular weight excluding hydrogens is 131 g/mol. The molecule has 1 atom stereocenters. The van der Waals surface area contributed by atoms with Crippen LogP contribution >= 0.6 is 0 Å². The Morgan fingerprint density at radius 1 is 1.83 bits per heavy atom. The first kappa shape index (κ1) is 10.3. The van der Waals surface area contributed by atoms with Crippen LogP contribution < -0.4 is 0 Å². The molecule has 0 amide bonds. The summed E-state index contributed by atoms with van der Waals surface area (Å²) in [6.45, 7) is 0. The van der Waals surface area contributed by atoms with Crippen LogP contribution in [0.3, 0.4) is 0 Å². The monoisotopic (exact) mass is 136 g/mol. The average Bonchev–Trinajstić information content (AvgIpc) is 1.38. The Balaban J connectivity index is 0. The predicted molar refractivity (Wildman–Crippen MR) is 31.1 cm³/mol. The molecular formula is CH5NaO2S2. The fraction of sp³-hybridized carbons (Fsp3) is 1.00. The van der Waals surface area contributed by atoms with Gasteiger partial charge in [0, 0.05) is 11.2 Å². The van der Waals surface area contributed by atoms with Gasteiger partial charge < -0.3 is 0 Å². The van der Waals surface area contributed by atoms with Crippen LogP contribution in [0.15, 0.2) is 0 Å². The SMILES string of the molecule is CO[SH](=O)=S.[NaH]. The van der Waals surface area contributed by atoms with Gasteiger partial charge in [-0.3, -0.25) is 4.18 Å². The normalized spacial score (nSPS) is 12.2. The second-order valence-electron chi connectivity index (χ2n) is 0.406. The Kier molecular flexibility index (Phi) is 10.9. The van der Waals surface area contributed by atoms with Crippen molar-refractivity contribution in [3.05, 3.63) is 0 Å². The zero-order valence-electron chi connectivity index (χ0n) is 2.67. The number of hydrogen-bond donors (Lipinski definition) is 1. The first-order chi connectivity index (χ1) is 2.27. The van der Waals surface area contributed by atoms with E-state index < -0.39 is 9.64 Å². The summed E-state index contributed by atoms with van der Waals surface area (Å²) in [6.07, 6.45) is 0. The number of thiol groups is 1. The fourth-order valence-corrected chi connectivity index (χ4v) is 0. The third-order valence-corrected chi connectivity index (χ3v) is 0.894. The summed E-state index contributed by atoms with van der Waals surface area (Å²) in [5.74, 6) is 0. The van der Waals surface area contributed by atoms with Crippen LogP contribution in [0.2, 0.25) is 0 Å². The topological polar surface area (TPSA) is 26.3 Å². The summed E-state index contributed by atoms with van der Waals surface area (Å²) < 4.78 is 13.6. The van der Waals surface area contributed by atoms with Gasteiger partial charge in [0.2, 0.25) is 0 Å². The van der Waals surface area contributed by atoms with Crippen molar-refractivity contribution in [3.63, 3.8) is 0 Å². The van der Waals surface area contributed by atoms with Gasteiger partial charge in [-0.15, -0.1) is 0 Å². The van der Waals surface area contributed by atoms with E-state index in [-0.39, 0.29) is 29.6 Å². The second-order valence-corrected chi connectivity index (χ2v) is 2.11. The zero-order valence-corrected chi connectivity index (χ0v) is 4.38. The molecule has 0 saturated heterocycles. The molecule has 0 saturated carbocycles. The van der Waals surface area contributed by atoms with Crippen molar-refractivity contribution in [2.24, 2.45) is 0 Å². The van der Waals surface area contributed by atoms with Gasteiger partial charge >= 0.3 is 29.6 Å². The quantitative estimate of drug-likeness (QED) is 0.364. The van der Waals surface area contributed by atoms with Crippen molar-refractivity contribution >= 4 is 50.4 Å². The van der Waals surface area contributed by atoms with E-state index in [9.17, 15) is 4.21 Å². The van der Waals surface area contributed by atoms with E-state index in [1.165, 1.54) is 7.11 Å². The van der Waals surface area contributed by atoms with E-state index in [1.54, 1.807) is 0 Å². The molecule has 0 aliphatic rings. The van der Waals surface area contributed by atoms with Gasteiger partial charge in [-0.25, -0.2) is 4.21 Å². The van der Waals surface area contributed by atoms with Crippen LogP contribution in [0.5, 0.6) is 0 Å². The number of hydrogen-bond acceptors (Lipinski definition) is 3. The van der Waals surface area contributed by atoms with Gasteiger partial charge in [0.15, 0.2) is 0 Å². The maximum atomic E-state index is 9.55. The van der Waals surface area contributed by atoms with E-state index in [0.717, 1.165) is 0 Å². The molecule has 0 heterocycles. The molecule has 0 aromatic heterocycles. The summed E-state index contributed by atoms with van der Waals surface area (Å²) in [5, 5.41) is 0. The number of rotatable bonds is 1. The molecule has 0 aliphatic heterocycles. The van der Waals surface area contributed by atoms with Crippen molar-refractivity contribution in [3.8, 4) is 0 Å². The Morgan fingerprint density at radius 2 is 2.00 bits per heavy atom. The molecule has 2 nitrogen and oxygen atoms in total. The Labute approximate surface area is 65.5 Å². The summed E-state index contributed by atoms with van der Waals surface area (Å²) in [6, 6.07) is 0. The van der Waals surface area contributed by atoms with Crippen LogP contribution in [0.4, 0.5) is 0 Å². The van der Waals surface area contributed by atoms with Gasteiger partial charge in [0.25, 0.3) is 0 Å². The molecule has 6 heavy (non-hydrogen) atoms. The molecule has 0 aromatic carbocycles. The van der Waals surface area contributed by atoms with Crippen LogP contribution in [0, 0.1) is 0 Å². The molecule has 0 radical (unpaired) electrons. The van der Waals surface area contributed by atoms with Gasteiger partial charge in [0.1, 0.15) is 9.64 Å². The standard InChI is InChI=1S/CH4O2S2.Na.H/c1-3-5(2)4;;/h5H,1H3;;. The van der Waals surface area contributed by atoms with Crippen molar-refractivity contribution in [1.29, 1.82) is 0 Å². The Hall–Kier alpha value is 1.33. The summed E-state index contributed by atoms with van der Waals surface area (Å²) in [4.78, 5) is 0. The van der Waals surface area contributed by atoms with Crippen molar-refractivity contribution < 1.29 is 8.39 Å². The molecule has 0 N–H and O–H groups in total. The van der Waals surface area contributed by atoms with Crippen LogP contribution in [0.1, 0.15) is 0 Å². The van der Waals surface area contributed by atoms with Crippen molar-refractivity contribution in [1.82, 2.24) is 0 Å². The first-order valence-corrected chi connectivity index (χ1v) is 3.15. The van der Waals surface area contributed by atoms with Gasteiger partial charge in [-0.1, -0.05) is 0 Å². The molecule has 0 aromatic rings. The van der Waals surface area contributed by atoms with Crippen LogP contribution in [-0.2, 0) is 25.0 Å².